The van der Waals surface area contributed by atoms with Crippen LogP contribution in [0.2, 0.25) is 0 Å². The third kappa shape index (κ3) is 5.87. The molecule has 1 unspecified atom stereocenters. The molecule has 0 saturated carbocycles. The number of carbonyl (C=O) groups is 1. The van der Waals surface area contributed by atoms with Crippen LogP contribution in [0.15, 0.2) is 24.3 Å². The second kappa shape index (κ2) is 11.7. The van der Waals surface area contributed by atoms with Gasteiger partial charge in [0.05, 0.1) is 24.5 Å². The number of fused-ring (bicyclic) bond motifs is 2. The lowest BCUT2D eigenvalue weighted by molar-refractivity contribution is -0.133. The standard InChI is InChI=1S/C32H35F3N8O2S/c1-19-20(3-4-26-24(19)9-21(12-36)43(26)15-22-13-38-27(44)16-45-22)14-41-7-5-31(17-41)6-8-42(18-31)28-25-10-23(11-32(33,34)35)46-29(25)40-30(37-2)39-28/h3-4,9-10,22H,5-8,11,13-18H2,1-2H3,(H,38,44)(H,37,39,40)/t22-,31?/m1/s1. The molecule has 14 heteroatoms. The molecule has 1 amide bonds. The van der Waals surface area contributed by atoms with Gasteiger partial charge in [0.25, 0.3) is 0 Å². The molecule has 2 atom stereocenters. The monoisotopic (exact) mass is 652 g/mol. The zero-order chi connectivity index (χ0) is 32.2. The Morgan fingerprint density at radius 1 is 1.20 bits per heavy atom. The van der Waals surface area contributed by atoms with Gasteiger partial charge in [-0.15, -0.1) is 11.3 Å². The number of hydrogen-bond donors (Lipinski definition) is 2. The minimum Gasteiger partial charge on any atom is -0.365 e. The summed E-state index contributed by atoms with van der Waals surface area (Å²) >= 11 is 1.08. The molecule has 3 saturated heterocycles. The number of nitrogens with one attached hydrogen (secondary N) is 2. The molecule has 0 aliphatic carbocycles. The van der Waals surface area contributed by atoms with Crippen LogP contribution in [0.3, 0.4) is 0 Å². The first-order valence-corrected chi connectivity index (χ1v) is 16.3. The van der Waals surface area contributed by atoms with Crippen molar-refractivity contribution in [2.75, 3.05) is 56.6 Å². The topological polar surface area (TPSA) is 111 Å². The molecule has 2 N–H and O–H groups in total. The number of rotatable bonds is 7. The van der Waals surface area contributed by atoms with Crippen molar-refractivity contribution in [2.45, 2.75) is 51.6 Å². The molecule has 6 heterocycles. The van der Waals surface area contributed by atoms with E-state index in [0.29, 0.717) is 40.8 Å². The van der Waals surface area contributed by atoms with Crippen molar-refractivity contribution in [3.8, 4) is 6.07 Å². The predicted octanol–water partition coefficient (Wildman–Crippen LogP) is 4.59. The van der Waals surface area contributed by atoms with E-state index in [9.17, 15) is 23.2 Å². The van der Waals surface area contributed by atoms with Crippen LogP contribution in [-0.4, -0.2) is 84.0 Å². The van der Waals surface area contributed by atoms with Crippen LogP contribution in [0, 0.1) is 23.7 Å². The number of hydrogen-bond acceptors (Lipinski definition) is 9. The molecular formula is C32H35F3N8O2S. The number of halogens is 3. The number of morpholine rings is 1. The van der Waals surface area contributed by atoms with Gasteiger partial charge in [0, 0.05) is 61.0 Å². The molecule has 242 valence electrons. The number of carbonyl (C=O) groups excluding carboxylic acids is 1. The van der Waals surface area contributed by atoms with E-state index in [1.807, 2.05) is 10.6 Å². The third-order valence-electron chi connectivity index (χ3n) is 9.62. The van der Waals surface area contributed by atoms with Gasteiger partial charge in [-0.3, -0.25) is 9.69 Å². The Morgan fingerprint density at radius 3 is 2.76 bits per heavy atom. The molecule has 7 rings (SSSR count). The number of alkyl halides is 3. The molecule has 46 heavy (non-hydrogen) atoms. The maximum Gasteiger partial charge on any atom is 0.393 e. The van der Waals surface area contributed by atoms with E-state index < -0.39 is 12.6 Å². The SMILES string of the molecule is CNc1nc(N2CCC3(CCN(Cc4ccc5c(cc(C#N)n5C[C@H]5CNC(=O)CO5)c4C)C3)C2)c2cc(CC(F)(F)F)sc2n1. The Hall–Kier alpha value is -3.93. The zero-order valence-corrected chi connectivity index (χ0v) is 26.5. The minimum atomic E-state index is -4.28. The lowest BCUT2D eigenvalue weighted by Gasteiger charge is -2.26. The molecule has 0 bridgehead atoms. The van der Waals surface area contributed by atoms with E-state index in [2.05, 4.69) is 50.5 Å². The van der Waals surface area contributed by atoms with Crippen molar-refractivity contribution in [3.05, 3.63) is 46.0 Å². The highest BCUT2D eigenvalue weighted by Crippen LogP contribution is 2.44. The van der Waals surface area contributed by atoms with Crippen LogP contribution in [0.4, 0.5) is 24.9 Å². The normalized spacial score (nSPS) is 22.3. The lowest BCUT2D eigenvalue weighted by Crippen LogP contribution is -2.44. The second-order valence-electron chi connectivity index (χ2n) is 12.7. The quantitative estimate of drug-likeness (QED) is 0.299. The minimum absolute atomic E-state index is 0.0290. The van der Waals surface area contributed by atoms with Crippen molar-refractivity contribution < 1.29 is 22.7 Å². The summed E-state index contributed by atoms with van der Waals surface area (Å²) in [5.41, 5.74) is 3.99. The molecular weight excluding hydrogens is 617 g/mol. The molecule has 3 fully saturated rings. The van der Waals surface area contributed by atoms with E-state index >= 15 is 0 Å². The highest BCUT2D eigenvalue weighted by molar-refractivity contribution is 7.18. The first-order valence-electron chi connectivity index (χ1n) is 15.5. The third-order valence-corrected chi connectivity index (χ3v) is 10.6. The summed E-state index contributed by atoms with van der Waals surface area (Å²) in [4.78, 5) is 26.2. The van der Waals surface area contributed by atoms with Crippen molar-refractivity contribution in [2.24, 2.45) is 5.41 Å². The van der Waals surface area contributed by atoms with Gasteiger partial charge in [-0.05, 0) is 55.6 Å². The number of aromatic nitrogens is 3. The molecule has 3 aliphatic heterocycles. The number of anilines is 2. The van der Waals surface area contributed by atoms with Gasteiger partial charge in [0.2, 0.25) is 11.9 Å². The van der Waals surface area contributed by atoms with E-state index in [0.717, 1.165) is 73.4 Å². The molecule has 4 aromatic rings. The smallest absolute Gasteiger partial charge is 0.365 e. The van der Waals surface area contributed by atoms with Gasteiger partial charge in [-0.2, -0.15) is 23.4 Å². The molecule has 3 aromatic heterocycles. The van der Waals surface area contributed by atoms with Crippen molar-refractivity contribution in [1.29, 1.82) is 5.26 Å². The number of nitriles is 1. The second-order valence-corrected chi connectivity index (χ2v) is 13.9. The summed E-state index contributed by atoms with van der Waals surface area (Å²) in [5, 5.41) is 17.4. The Kier molecular flexibility index (Phi) is 7.81. The first kappa shape index (κ1) is 30.7. The molecule has 3 aliphatic rings. The van der Waals surface area contributed by atoms with E-state index in [4.69, 9.17) is 9.72 Å². The Bertz CT molecular complexity index is 1850. The number of aryl methyl sites for hydroxylation is 1. The summed E-state index contributed by atoms with van der Waals surface area (Å²) in [7, 11) is 1.72. The van der Waals surface area contributed by atoms with Crippen LogP contribution in [0.5, 0.6) is 0 Å². The maximum atomic E-state index is 13.2. The molecule has 10 nitrogen and oxygen atoms in total. The van der Waals surface area contributed by atoms with Crippen LogP contribution in [0.1, 0.15) is 34.5 Å². The zero-order valence-electron chi connectivity index (χ0n) is 25.7. The van der Waals surface area contributed by atoms with Gasteiger partial charge < -0.3 is 24.8 Å². The maximum absolute atomic E-state index is 13.2. The van der Waals surface area contributed by atoms with Gasteiger partial charge in [0.15, 0.2) is 0 Å². The fraction of sp³-hybridized carbons (Fsp3) is 0.500. The Labute approximate surface area is 268 Å². The summed E-state index contributed by atoms with van der Waals surface area (Å²) in [6.45, 7) is 7.29. The average molecular weight is 653 g/mol. The number of amides is 1. The highest BCUT2D eigenvalue weighted by Gasteiger charge is 2.44. The first-order chi connectivity index (χ1) is 22.0. The largest absolute Gasteiger partial charge is 0.393 e. The van der Waals surface area contributed by atoms with Crippen molar-refractivity contribution in [3.63, 3.8) is 0 Å². The molecule has 0 radical (unpaired) electrons. The lowest BCUT2D eigenvalue weighted by atomic mass is 9.86. The number of benzene rings is 1. The number of nitrogens with zero attached hydrogens (tertiary/aromatic N) is 6. The van der Waals surface area contributed by atoms with Crippen LogP contribution < -0.4 is 15.5 Å². The molecule has 1 aromatic carbocycles. The van der Waals surface area contributed by atoms with Gasteiger partial charge in [-0.1, -0.05) is 6.07 Å². The molecule has 1 spiro atoms. The van der Waals surface area contributed by atoms with Gasteiger partial charge >= 0.3 is 6.18 Å². The summed E-state index contributed by atoms with van der Waals surface area (Å²) < 4.78 is 47.1. The van der Waals surface area contributed by atoms with E-state index in [-0.39, 0.29) is 28.9 Å². The average Bonchev–Trinajstić information content (AvgIpc) is 3.80. The van der Waals surface area contributed by atoms with Gasteiger partial charge in [0.1, 0.15) is 29.0 Å². The number of thiophene rings is 1. The number of likely N-dealkylation sites (tertiary alicyclic amines) is 1. The Balaban J connectivity index is 1.07. The van der Waals surface area contributed by atoms with Crippen molar-refractivity contribution >= 4 is 50.1 Å². The van der Waals surface area contributed by atoms with Crippen LogP contribution in [-0.2, 0) is 29.0 Å². The van der Waals surface area contributed by atoms with Crippen LogP contribution in [0.25, 0.3) is 21.1 Å². The fourth-order valence-electron chi connectivity index (χ4n) is 7.28. The highest BCUT2D eigenvalue weighted by atomic mass is 32.1. The van der Waals surface area contributed by atoms with Crippen molar-refractivity contribution in [1.82, 2.24) is 24.8 Å². The number of ether oxygens (including phenoxy) is 1. The van der Waals surface area contributed by atoms with E-state index in [1.54, 1.807) is 13.1 Å². The fourth-order valence-corrected chi connectivity index (χ4v) is 8.33. The summed E-state index contributed by atoms with van der Waals surface area (Å²) in [5.74, 6) is 0.988. The van der Waals surface area contributed by atoms with E-state index in [1.165, 1.54) is 5.56 Å². The Morgan fingerprint density at radius 2 is 2.02 bits per heavy atom. The van der Waals surface area contributed by atoms with Gasteiger partial charge in [-0.25, -0.2) is 4.98 Å². The summed E-state index contributed by atoms with van der Waals surface area (Å²) in [6.07, 6.45) is -3.42. The predicted molar refractivity (Wildman–Crippen MR) is 170 cm³/mol. The summed E-state index contributed by atoms with van der Waals surface area (Å²) in [6, 6.07) is 10.1. The van der Waals surface area contributed by atoms with Crippen LogP contribution >= 0.6 is 11.3 Å².